The van der Waals surface area contributed by atoms with Crippen molar-refractivity contribution in [3.8, 4) is 0 Å². The van der Waals surface area contributed by atoms with Crippen molar-refractivity contribution in [1.29, 1.82) is 0 Å². The highest BCUT2D eigenvalue weighted by atomic mass is 127. The van der Waals surface area contributed by atoms with E-state index in [-0.39, 0.29) is 29.8 Å². The lowest BCUT2D eigenvalue weighted by Crippen LogP contribution is -2.38. The molecule has 1 N–H and O–H groups in total. The lowest BCUT2D eigenvalue weighted by molar-refractivity contribution is 0.475. The Kier molecular flexibility index (Phi) is 7.90. The smallest absolute Gasteiger partial charge is 0.193 e. The Morgan fingerprint density at radius 3 is 2.70 bits per heavy atom. The van der Waals surface area contributed by atoms with Crippen LogP contribution in [0.15, 0.2) is 29.3 Å². The fourth-order valence-corrected chi connectivity index (χ4v) is 3.14. The predicted octanol–water partition coefficient (Wildman–Crippen LogP) is 3.72. The van der Waals surface area contributed by atoms with E-state index >= 15 is 0 Å². The molecule has 1 aromatic carbocycles. The largest absolute Gasteiger partial charge is 0.351 e. The minimum atomic E-state index is -0.218. The molecule has 23 heavy (non-hydrogen) atoms. The summed E-state index contributed by atoms with van der Waals surface area (Å²) in [5, 5.41) is 4.39. The molecule has 0 atom stereocenters. The first kappa shape index (κ1) is 19.8. The van der Waals surface area contributed by atoms with Crippen molar-refractivity contribution in [1.82, 2.24) is 15.2 Å². The summed E-state index contributed by atoms with van der Waals surface area (Å²) in [6.45, 7) is 5.31. The molecule has 2 aromatic rings. The summed E-state index contributed by atoms with van der Waals surface area (Å²) in [4.78, 5) is 11.9. The summed E-state index contributed by atoms with van der Waals surface area (Å²) in [6.07, 6.45) is 0. The van der Waals surface area contributed by atoms with Crippen LogP contribution < -0.4 is 5.32 Å². The van der Waals surface area contributed by atoms with Gasteiger partial charge in [0.25, 0.3) is 0 Å². The molecule has 0 amide bonds. The number of aryl methyl sites for hydroxylation is 2. The van der Waals surface area contributed by atoms with Gasteiger partial charge in [-0.1, -0.05) is 12.1 Å². The first-order chi connectivity index (χ1) is 10.5. The highest BCUT2D eigenvalue weighted by Crippen LogP contribution is 2.16. The van der Waals surface area contributed by atoms with Crippen LogP contribution in [0, 0.1) is 19.7 Å². The molecule has 1 heterocycles. The van der Waals surface area contributed by atoms with E-state index in [0.29, 0.717) is 13.1 Å². The molecule has 1 aromatic heterocycles. The van der Waals surface area contributed by atoms with Gasteiger partial charge in [-0.15, -0.1) is 35.3 Å². The highest BCUT2D eigenvalue weighted by Gasteiger charge is 2.09. The van der Waals surface area contributed by atoms with Crippen molar-refractivity contribution in [2.45, 2.75) is 26.9 Å². The van der Waals surface area contributed by atoms with Crippen molar-refractivity contribution in [2.24, 2.45) is 4.99 Å². The van der Waals surface area contributed by atoms with Gasteiger partial charge in [-0.2, -0.15) is 0 Å². The molecule has 0 aliphatic carbocycles. The molecule has 7 heteroatoms. The van der Waals surface area contributed by atoms with Crippen molar-refractivity contribution in [2.75, 3.05) is 14.1 Å². The third-order valence-electron chi connectivity index (χ3n) is 3.29. The standard InChI is InChI=1S/C16H21FN4S.HI/c1-11-15(22-12(2)20-11)9-19-16(18-3)21(4)10-13-6-5-7-14(17)8-13;/h5-8H,9-10H2,1-4H3,(H,18,19);1H. The molecular formula is C16H22FIN4S. The average molecular weight is 448 g/mol. The molecule has 0 bridgehead atoms. The first-order valence-corrected chi connectivity index (χ1v) is 7.90. The fourth-order valence-electron chi connectivity index (χ4n) is 2.27. The van der Waals surface area contributed by atoms with Crippen LogP contribution in [0.2, 0.25) is 0 Å². The molecule has 0 radical (unpaired) electrons. The van der Waals surface area contributed by atoms with E-state index in [9.17, 15) is 4.39 Å². The van der Waals surface area contributed by atoms with Crippen LogP contribution in [0.1, 0.15) is 21.1 Å². The molecule has 2 rings (SSSR count). The van der Waals surface area contributed by atoms with Crippen molar-refractivity contribution in [3.63, 3.8) is 0 Å². The summed E-state index contributed by atoms with van der Waals surface area (Å²) < 4.78 is 13.2. The van der Waals surface area contributed by atoms with Crippen molar-refractivity contribution >= 4 is 41.3 Å². The lowest BCUT2D eigenvalue weighted by Gasteiger charge is -2.22. The molecule has 0 saturated carbocycles. The first-order valence-electron chi connectivity index (χ1n) is 7.08. The Morgan fingerprint density at radius 1 is 1.39 bits per heavy atom. The monoisotopic (exact) mass is 448 g/mol. The predicted molar refractivity (Wildman–Crippen MR) is 105 cm³/mol. The number of thiazole rings is 1. The Hall–Kier alpha value is -1.22. The van der Waals surface area contributed by atoms with E-state index in [4.69, 9.17) is 0 Å². The average Bonchev–Trinajstić information content (AvgIpc) is 2.77. The number of nitrogens with zero attached hydrogens (tertiary/aromatic N) is 3. The maximum Gasteiger partial charge on any atom is 0.193 e. The third-order valence-corrected chi connectivity index (χ3v) is 4.36. The van der Waals surface area contributed by atoms with Crippen LogP contribution in [0.4, 0.5) is 4.39 Å². The van der Waals surface area contributed by atoms with Gasteiger partial charge in [-0.05, 0) is 31.5 Å². The van der Waals surface area contributed by atoms with Crippen LogP contribution >= 0.6 is 35.3 Å². The molecule has 0 aliphatic heterocycles. The van der Waals surface area contributed by atoms with Gasteiger partial charge in [-0.3, -0.25) is 4.99 Å². The molecular weight excluding hydrogens is 426 g/mol. The van der Waals surface area contributed by atoms with Gasteiger partial charge in [0.15, 0.2) is 5.96 Å². The van der Waals surface area contributed by atoms with Gasteiger partial charge >= 0.3 is 0 Å². The van der Waals surface area contributed by atoms with E-state index in [1.165, 1.54) is 10.9 Å². The van der Waals surface area contributed by atoms with Gasteiger partial charge in [0, 0.05) is 25.5 Å². The molecule has 0 spiro atoms. The van der Waals surface area contributed by atoms with Crippen LogP contribution in [0.5, 0.6) is 0 Å². The number of guanidine groups is 1. The quantitative estimate of drug-likeness (QED) is 0.441. The summed E-state index contributed by atoms with van der Waals surface area (Å²) in [5.74, 6) is 0.555. The Bertz CT molecular complexity index is 672. The van der Waals surface area contributed by atoms with Crippen LogP contribution in [-0.2, 0) is 13.1 Å². The number of halogens is 2. The highest BCUT2D eigenvalue weighted by molar-refractivity contribution is 14.0. The summed E-state index contributed by atoms with van der Waals surface area (Å²) in [6, 6.07) is 6.62. The zero-order valence-electron chi connectivity index (χ0n) is 13.8. The minimum absolute atomic E-state index is 0. The normalized spacial score (nSPS) is 11.1. The number of nitrogens with one attached hydrogen (secondary N) is 1. The van der Waals surface area contributed by atoms with Gasteiger partial charge in [0.1, 0.15) is 5.82 Å². The van der Waals surface area contributed by atoms with E-state index in [0.717, 1.165) is 22.2 Å². The summed E-state index contributed by atoms with van der Waals surface area (Å²) in [5.41, 5.74) is 1.97. The van der Waals surface area contributed by atoms with Gasteiger partial charge < -0.3 is 10.2 Å². The molecule has 0 unspecified atom stereocenters. The molecule has 0 fully saturated rings. The van der Waals surface area contributed by atoms with Crippen LogP contribution in [0.25, 0.3) is 0 Å². The number of hydrogen-bond donors (Lipinski definition) is 1. The van der Waals surface area contributed by atoms with Gasteiger partial charge in [0.2, 0.25) is 0 Å². The SMILES string of the molecule is CN=C(NCc1sc(C)nc1C)N(C)Cc1cccc(F)c1.I. The zero-order valence-corrected chi connectivity index (χ0v) is 16.9. The van der Waals surface area contributed by atoms with E-state index < -0.39 is 0 Å². The minimum Gasteiger partial charge on any atom is -0.351 e. The number of rotatable bonds is 4. The Morgan fingerprint density at radius 2 is 2.13 bits per heavy atom. The van der Waals surface area contributed by atoms with Crippen molar-refractivity contribution < 1.29 is 4.39 Å². The summed E-state index contributed by atoms with van der Waals surface area (Å²) >= 11 is 1.69. The lowest BCUT2D eigenvalue weighted by atomic mass is 10.2. The van der Waals surface area contributed by atoms with Crippen LogP contribution in [-0.4, -0.2) is 29.9 Å². The molecule has 0 aliphatic rings. The Labute approximate surface area is 157 Å². The maximum absolute atomic E-state index is 13.2. The maximum atomic E-state index is 13.2. The molecule has 4 nitrogen and oxygen atoms in total. The van der Waals surface area contributed by atoms with Gasteiger partial charge in [0.05, 0.1) is 17.2 Å². The van der Waals surface area contributed by atoms with E-state index in [1.807, 2.05) is 31.9 Å². The molecule has 0 saturated heterocycles. The second kappa shape index (κ2) is 9.17. The van der Waals surface area contributed by atoms with Gasteiger partial charge in [-0.25, -0.2) is 9.37 Å². The second-order valence-corrected chi connectivity index (χ2v) is 6.42. The number of aromatic nitrogens is 1. The number of benzene rings is 1. The van der Waals surface area contributed by atoms with Crippen LogP contribution in [0.3, 0.4) is 0 Å². The third kappa shape index (κ3) is 5.72. The fraction of sp³-hybridized carbons (Fsp3) is 0.375. The Balaban J connectivity index is 0.00000264. The van der Waals surface area contributed by atoms with Crippen molar-refractivity contribution in [3.05, 3.63) is 51.2 Å². The summed E-state index contributed by atoms with van der Waals surface area (Å²) in [7, 11) is 3.68. The topological polar surface area (TPSA) is 40.5 Å². The zero-order chi connectivity index (χ0) is 16.1. The van der Waals surface area contributed by atoms with E-state index in [1.54, 1.807) is 30.5 Å². The van der Waals surface area contributed by atoms with E-state index in [2.05, 4.69) is 15.3 Å². The molecule has 126 valence electrons. The number of hydrogen-bond acceptors (Lipinski definition) is 3. The second-order valence-electron chi connectivity index (χ2n) is 5.13. The number of aliphatic imine (C=N–C) groups is 1.